The molecular formula is C17H12N4O4. The van der Waals surface area contributed by atoms with Crippen molar-refractivity contribution in [2.24, 2.45) is 0 Å². The second-order valence-electron chi connectivity index (χ2n) is 5.67. The average Bonchev–Trinajstić information content (AvgIpc) is 3.07. The van der Waals surface area contributed by atoms with Gasteiger partial charge in [0.2, 0.25) is 0 Å². The molecule has 0 N–H and O–H groups in total. The molecule has 0 fully saturated rings. The van der Waals surface area contributed by atoms with Crippen LogP contribution in [0, 0.1) is 13.8 Å². The normalized spacial score (nSPS) is 13.4. The van der Waals surface area contributed by atoms with Crippen LogP contribution in [0.25, 0.3) is 5.65 Å². The maximum Gasteiger partial charge on any atom is 0.382 e. The van der Waals surface area contributed by atoms with Gasteiger partial charge in [0.25, 0.3) is 11.8 Å². The predicted octanol–water partition coefficient (Wildman–Crippen LogP) is 1.71. The Kier molecular flexibility index (Phi) is 3.14. The molecule has 1 aliphatic heterocycles. The van der Waals surface area contributed by atoms with Crippen molar-refractivity contribution < 1.29 is 19.2 Å². The highest BCUT2D eigenvalue weighted by Gasteiger charge is 2.39. The van der Waals surface area contributed by atoms with Crippen LogP contribution in [0.5, 0.6) is 0 Å². The Morgan fingerprint density at radius 3 is 2.28 bits per heavy atom. The molecule has 124 valence electrons. The number of aryl methyl sites for hydroxylation is 2. The summed E-state index contributed by atoms with van der Waals surface area (Å²) in [5.74, 6) is -2.21. The van der Waals surface area contributed by atoms with Gasteiger partial charge in [-0.1, -0.05) is 17.2 Å². The molecule has 0 bridgehead atoms. The number of nitrogens with zero attached hydrogens (tertiary/aromatic N) is 4. The highest BCUT2D eigenvalue weighted by molar-refractivity contribution is 6.21. The molecular weight excluding hydrogens is 324 g/mol. The minimum absolute atomic E-state index is 0.0761. The van der Waals surface area contributed by atoms with E-state index in [1.54, 1.807) is 32.0 Å². The van der Waals surface area contributed by atoms with E-state index >= 15 is 0 Å². The largest absolute Gasteiger partial charge is 0.382 e. The Morgan fingerprint density at radius 1 is 1.00 bits per heavy atom. The fourth-order valence-corrected chi connectivity index (χ4v) is 2.74. The van der Waals surface area contributed by atoms with Crippen LogP contribution in [-0.4, -0.2) is 37.4 Å². The van der Waals surface area contributed by atoms with E-state index in [4.69, 9.17) is 4.84 Å². The molecule has 25 heavy (non-hydrogen) atoms. The summed E-state index contributed by atoms with van der Waals surface area (Å²) in [7, 11) is 0. The van der Waals surface area contributed by atoms with Crippen molar-refractivity contribution in [2.45, 2.75) is 13.8 Å². The second-order valence-corrected chi connectivity index (χ2v) is 5.67. The lowest BCUT2D eigenvalue weighted by Gasteiger charge is -2.13. The van der Waals surface area contributed by atoms with Gasteiger partial charge in [-0.3, -0.25) is 9.59 Å². The number of rotatable bonds is 2. The first-order chi connectivity index (χ1) is 12.0. The molecule has 2 amide bonds. The number of hydrogen-bond donors (Lipinski definition) is 0. The van der Waals surface area contributed by atoms with Crippen molar-refractivity contribution in [1.29, 1.82) is 0 Å². The van der Waals surface area contributed by atoms with Crippen LogP contribution in [0.15, 0.2) is 36.4 Å². The monoisotopic (exact) mass is 336 g/mol. The van der Waals surface area contributed by atoms with Crippen LogP contribution < -0.4 is 0 Å². The number of hydrogen-bond acceptors (Lipinski definition) is 6. The Labute approximate surface area is 141 Å². The van der Waals surface area contributed by atoms with Crippen LogP contribution >= 0.6 is 0 Å². The summed E-state index contributed by atoms with van der Waals surface area (Å²) in [4.78, 5) is 46.5. The zero-order valence-electron chi connectivity index (χ0n) is 13.4. The van der Waals surface area contributed by atoms with Crippen LogP contribution in [0.2, 0.25) is 0 Å². The number of fused-ring (bicyclic) bond motifs is 2. The first kappa shape index (κ1) is 15.0. The Hall–Kier alpha value is -3.55. The van der Waals surface area contributed by atoms with Crippen LogP contribution in [-0.2, 0) is 4.84 Å². The summed E-state index contributed by atoms with van der Waals surface area (Å²) in [5.41, 5.74) is 2.21. The number of carbonyl (C=O) groups excluding carboxylic acids is 3. The fourth-order valence-electron chi connectivity index (χ4n) is 2.74. The highest BCUT2D eigenvalue weighted by Crippen LogP contribution is 2.23. The van der Waals surface area contributed by atoms with E-state index in [-0.39, 0.29) is 16.8 Å². The molecule has 0 spiro atoms. The van der Waals surface area contributed by atoms with Crippen molar-refractivity contribution >= 4 is 23.4 Å². The summed E-state index contributed by atoms with van der Waals surface area (Å²) in [6.07, 6.45) is 0. The van der Waals surface area contributed by atoms with E-state index in [0.717, 1.165) is 0 Å². The number of imide groups is 1. The SMILES string of the molecule is Cc1cc(C(=O)ON2C(=O)c3ccccc3C2=O)n2nc(C)cc2n1. The van der Waals surface area contributed by atoms with Gasteiger partial charge in [0.05, 0.1) is 16.8 Å². The van der Waals surface area contributed by atoms with Crippen molar-refractivity contribution in [2.75, 3.05) is 0 Å². The van der Waals surface area contributed by atoms with E-state index in [0.29, 0.717) is 22.1 Å². The topological polar surface area (TPSA) is 93.9 Å². The minimum atomic E-state index is -0.867. The van der Waals surface area contributed by atoms with Crippen LogP contribution in [0.1, 0.15) is 42.6 Å². The molecule has 0 unspecified atom stereocenters. The molecule has 0 saturated heterocycles. The fraction of sp³-hybridized carbons (Fsp3) is 0.118. The molecule has 0 saturated carbocycles. The van der Waals surface area contributed by atoms with Crippen molar-refractivity contribution in [3.63, 3.8) is 0 Å². The molecule has 8 heteroatoms. The molecule has 1 aliphatic rings. The van der Waals surface area contributed by atoms with Crippen LogP contribution in [0.3, 0.4) is 0 Å². The summed E-state index contributed by atoms with van der Waals surface area (Å²) >= 11 is 0. The Bertz CT molecular complexity index is 1030. The standard InChI is InChI=1S/C17H12N4O4/c1-9-7-13(20-14(18-9)8-10(2)19-20)17(24)25-21-15(22)11-5-3-4-6-12(11)16(21)23/h3-8H,1-2H3. The van der Waals surface area contributed by atoms with Crippen molar-refractivity contribution in [3.8, 4) is 0 Å². The zero-order chi connectivity index (χ0) is 17.7. The number of amides is 2. The number of hydroxylamine groups is 2. The van der Waals surface area contributed by atoms with E-state index in [9.17, 15) is 14.4 Å². The zero-order valence-corrected chi connectivity index (χ0v) is 13.4. The van der Waals surface area contributed by atoms with Gasteiger partial charge >= 0.3 is 5.97 Å². The van der Waals surface area contributed by atoms with Crippen molar-refractivity contribution in [3.05, 3.63) is 64.6 Å². The molecule has 3 heterocycles. The molecule has 0 radical (unpaired) electrons. The maximum atomic E-state index is 12.6. The predicted molar refractivity (Wildman–Crippen MR) is 84.8 cm³/mol. The summed E-state index contributed by atoms with van der Waals surface area (Å²) in [6.45, 7) is 3.49. The van der Waals surface area contributed by atoms with Gasteiger partial charge in [0.1, 0.15) is 0 Å². The molecule has 8 nitrogen and oxygen atoms in total. The van der Waals surface area contributed by atoms with E-state index in [2.05, 4.69) is 10.1 Å². The average molecular weight is 336 g/mol. The molecule has 0 atom stereocenters. The lowest BCUT2D eigenvalue weighted by Crippen LogP contribution is -2.33. The van der Waals surface area contributed by atoms with Gasteiger partial charge in [-0.2, -0.15) is 5.10 Å². The molecule has 2 aromatic heterocycles. The maximum absolute atomic E-state index is 12.6. The molecule has 4 rings (SSSR count). The molecule has 0 aliphatic carbocycles. The third-order valence-corrected chi connectivity index (χ3v) is 3.82. The van der Waals surface area contributed by atoms with E-state index in [1.807, 2.05) is 0 Å². The highest BCUT2D eigenvalue weighted by atomic mass is 16.7. The second kappa shape index (κ2) is 5.23. The van der Waals surface area contributed by atoms with Gasteiger partial charge in [-0.05, 0) is 32.0 Å². The first-order valence-corrected chi connectivity index (χ1v) is 7.50. The lowest BCUT2D eigenvalue weighted by molar-refractivity contribution is -0.0590. The third kappa shape index (κ3) is 2.26. The van der Waals surface area contributed by atoms with E-state index < -0.39 is 17.8 Å². The summed E-state index contributed by atoms with van der Waals surface area (Å²) in [6, 6.07) is 9.49. The van der Waals surface area contributed by atoms with E-state index in [1.165, 1.54) is 22.7 Å². The summed E-state index contributed by atoms with van der Waals surface area (Å²) in [5, 5.41) is 4.67. The van der Waals surface area contributed by atoms with Crippen LogP contribution in [0.4, 0.5) is 0 Å². The minimum Gasteiger partial charge on any atom is -0.323 e. The van der Waals surface area contributed by atoms with Gasteiger partial charge in [0, 0.05) is 11.8 Å². The number of benzene rings is 1. The first-order valence-electron chi connectivity index (χ1n) is 7.50. The number of carbonyl (C=O) groups is 3. The molecule has 1 aromatic carbocycles. The smallest absolute Gasteiger partial charge is 0.323 e. The Morgan fingerprint density at radius 2 is 1.64 bits per heavy atom. The quantitative estimate of drug-likeness (QED) is 0.661. The van der Waals surface area contributed by atoms with Gasteiger partial charge in [-0.25, -0.2) is 14.3 Å². The van der Waals surface area contributed by atoms with Gasteiger partial charge < -0.3 is 4.84 Å². The van der Waals surface area contributed by atoms with Crippen molar-refractivity contribution in [1.82, 2.24) is 19.7 Å². The third-order valence-electron chi connectivity index (χ3n) is 3.82. The molecule has 3 aromatic rings. The summed E-state index contributed by atoms with van der Waals surface area (Å²) < 4.78 is 1.32. The van der Waals surface area contributed by atoms with Gasteiger partial charge in [-0.15, -0.1) is 0 Å². The van der Waals surface area contributed by atoms with Gasteiger partial charge in [0.15, 0.2) is 11.3 Å². The lowest BCUT2D eigenvalue weighted by atomic mass is 10.1. The number of aromatic nitrogens is 3. The Balaban J connectivity index is 1.70.